The van der Waals surface area contributed by atoms with Crippen LogP contribution in [0, 0.1) is 12.8 Å². The molecule has 2 aliphatic heterocycles. The Bertz CT molecular complexity index is 1010. The molecule has 1 unspecified atom stereocenters. The van der Waals surface area contributed by atoms with Gasteiger partial charge in [-0.25, -0.2) is 4.90 Å². The summed E-state index contributed by atoms with van der Waals surface area (Å²) in [6, 6.07) is 12.3. The molecule has 0 N–H and O–H groups in total. The molecule has 0 aromatic heterocycles. The molecule has 2 aromatic rings. The molecule has 2 heterocycles. The van der Waals surface area contributed by atoms with Gasteiger partial charge >= 0.3 is 0 Å². The fourth-order valence-corrected chi connectivity index (χ4v) is 4.42. The molecule has 0 radical (unpaired) electrons. The van der Waals surface area contributed by atoms with Gasteiger partial charge in [-0.2, -0.15) is 0 Å². The SMILES string of the molecule is Cc1ccc(Cl)cc1N1C(=O)C(c2ccc(Cl)cc2)=C(N2CCCC(C)C2)C1=O. The molecule has 1 saturated heterocycles. The highest BCUT2D eigenvalue weighted by molar-refractivity contribution is 6.46. The van der Waals surface area contributed by atoms with Crippen molar-refractivity contribution < 1.29 is 9.59 Å². The number of benzene rings is 2. The van der Waals surface area contributed by atoms with Gasteiger partial charge in [0.15, 0.2) is 0 Å². The molecular formula is C23H22Cl2N2O2. The highest BCUT2D eigenvalue weighted by atomic mass is 35.5. The van der Waals surface area contributed by atoms with Crippen molar-refractivity contribution in [1.82, 2.24) is 4.90 Å². The molecule has 0 spiro atoms. The molecule has 29 heavy (non-hydrogen) atoms. The third-order valence-electron chi connectivity index (χ3n) is 5.58. The third-order valence-corrected chi connectivity index (χ3v) is 6.06. The summed E-state index contributed by atoms with van der Waals surface area (Å²) in [6.07, 6.45) is 2.12. The van der Waals surface area contributed by atoms with E-state index in [1.807, 2.05) is 13.0 Å². The lowest BCUT2D eigenvalue weighted by atomic mass is 9.98. The predicted octanol–water partition coefficient (Wildman–Crippen LogP) is 5.32. The summed E-state index contributed by atoms with van der Waals surface area (Å²) in [4.78, 5) is 30.4. The van der Waals surface area contributed by atoms with E-state index < -0.39 is 0 Å². The highest BCUT2D eigenvalue weighted by Gasteiger charge is 2.43. The normalized spacial score (nSPS) is 20.1. The van der Waals surface area contributed by atoms with Crippen LogP contribution in [0.1, 0.15) is 30.9 Å². The second-order valence-electron chi connectivity index (χ2n) is 7.80. The molecule has 2 aliphatic rings. The van der Waals surface area contributed by atoms with Crippen molar-refractivity contribution in [3.05, 3.63) is 69.3 Å². The van der Waals surface area contributed by atoms with Crippen LogP contribution in [0.2, 0.25) is 10.0 Å². The first-order valence-electron chi connectivity index (χ1n) is 9.77. The number of rotatable bonds is 3. The monoisotopic (exact) mass is 428 g/mol. The molecule has 0 saturated carbocycles. The number of carbonyl (C=O) groups excluding carboxylic acids is 2. The average molecular weight is 429 g/mol. The Balaban J connectivity index is 1.85. The largest absolute Gasteiger partial charge is 0.366 e. The first-order chi connectivity index (χ1) is 13.9. The number of nitrogens with zero attached hydrogens (tertiary/aromatic N) is 2. The fourth-order valence-electron chi connectivity index (χ4n) is 4.12. The van der Waals surface area contributed by atoms with Gasteiger partial charge in [0.1, 0.15) is 5.70 Å². The van der Waals surface area contributed by atoms with Gasteiger partial charge in [0.2, 0.25) is 0 Å². The number of hydrogen-bond acceptors (Lipinski definition) is 3. The smallest absolute Gasteiger partial charge is 0.282 e. The Morgan fingerprint density at radius 2 is 1.66 bits per heavy atom. The van der Waals surface area contributed by atoms with Crippen LogP contribution in [0.3, 0.4) is 0 Å². The zero-order valence-corrected chi connectivity index (χ0v) is 17.9. The second kappa shape index (κ2) is 7.85. The molecule has 1 atom stereocenters. The van der Waals surface area contributed by atoms with Gasteiger partial charge in [-0.05, 0) is 61.1 Å². The minimum atomic E-state index is -0.323. The van der Waals surface area contributed by atoms with E-state index in [2.05, 4.69) is 11.8 Å². The maximum atomic E-state index is 13.6. The summed E-state index contributed by atoms with van der Waals surface area (Å²) >= 11 is 12.2. The van der Waals surface area contributed by atoms with E-state index >= 15 is 0 Å². The molecule has 1 fully saturated rings. The number of hydrogen-bond donors (Lipinski definition) is 0. The molecule has 2 amide bonds. The van der Waals surface area contributed by atoms with Crippen molar-refractivity contribution in [2.75, 3.05) is 18.0 Å². The lowest BCUT2D eigenvalue weighted by Crippen LogP contribution is -2.39. The van der Waals surface area contributed by atoms with E-state index in [0.717, 1.165) is 31.5 Å². The average Bonchev–Trinajstić information content (AvgIpc) is 2.95. The maximum Gasteiger partial charge on any atom is 0.282 e. The van der Waals surface area contributed by atoms with Gasteiger partial charge in [-0.15, -0.1) is 0 Å². The van der Waals surface area contributed by atoms with Crippen molar-refractivity contribution in [2.45, 2.75) is 26.7 Å². The number of halogens is 2. The Labute approximate surface area is 180 Å². The van der Waals surface area contributed by atoms with Crippen LogP contribution >= 0.6 is 23.2 Å². The molecule has 2 aromatic carbocycles. The van der Waals surface area contributed by atoms with Gasteiger partial charge in [-0.3, -0.25) is 9.59 Å². The summed E-state index contributed by atoms with van der Waals surface area (Å²) in [5, 5.41) is 1.07. The molecule has 150 valence electrons. The van der Waals surface area contributed by atoms with Crippen molar-refractivity contribution >= 4 is 46.3 Å². The minimum Gasteiger partial charge on any atom is -0.366 e. The number of piperidine rings is 1. The van der Waals surface area contributed by atoms with Crippen molar-refractivity contribution in [3.8, 4) is 0 Å². The Hall–Kier alpha value is -2.30. The lowest BCUT2D eigenvalue weighted by molar-refractivity contribution is -0.120. The van der Waals surface area contributed by atoms with E-state index in [1.54, 1.807) is 36.4 Å². The fraction of sp³-hybridized carbons (Fsp3) is 0.304. The van der Waals surface area contributed by atoms with Gasteiger partial charge in [0.05, 0.1) is 11.3 Å². The molecule has 4 rings (SSSR count). The van der Waals surface area contributed by atoms with Crippen LogP contribution in [0.5, 0.6) is 0 Å². The number of anilines is 1. The van der Waals surface area contributed by atoms with Crippen LogP contribution in [0.25, 0.3) is 5.57 Å². The van der Waals surface area contributed by atoms with Crippen molar-refractivity contribution in [3.63, 3.8) is 0 Å². The van der Waals surface area contributed by atoms with Crippen LogP contribution < -0.4 is 4.90 Å². The second-order valence-corrected chi connectivity index (χ2v) is 8.67. The Morgan fingerprint density at radius 1 is 0.966 bits per heavy atom. The number of likely N-dealkylation sites (tertiary alicyclic amines) is 1. The molecule has 6 heteroatoms. The molecule has 0 aliphatic carbocycles. The summed E-state index contributed by atoms with van der Waals surface area (Å²) in [5.74, 6) is -0.150. The van der Waals surface area contributed by atoms with E-state index in [4.69, 9.17) is 23.2 Å². The van der Waals surface area contributed by atoms with E-state index in [-0.39, 0.29) is 11.8 Å². The topological polar surface area (TPSA) is 40.6 Å². The number of aryl methyl sites for hydroxylation is 1. The van der Waals surface area contributed by atoms with E-state index in [0.29, 0.717) is 38.5 Å². The Morgan fingerprint density at radius 3 is 2.34 bits per heavy atom. The summed E-state index contributed by atoms with van der Waals surface area (Å²) < 4.78 is 0. The zero-order valence-electron chi connectivity index (χ0n) is 16.4. The molecular weight excluding hydrogens is 407 g/mol. The quantitative estimate of drug-likeness (QED) is 0.621. The first kappa shape index (κ1) is 20.0. The summed E-state index contributed by atoms with van der Waals surface area (Å²) in [7, 11) is 0. The molecule has 0 bridgehead atoms. The van der Waals surface area contributed by atoms with Gasteiger partial charge in [-0.1, -0.05) is 48.3 Å². The van der Waals surface area contributed by atoms with E-state index in [1.165, 1.54) is 4.90 Å². The van der Waals surface area contributed by atoms with Gasteiger partial charge in [0.25, 0.3) is 11.8 Å². The standard InChI is InChI=1S/C23H22Cl2N2O2/c1-14-4-3-11-26(13-14)21-20(16-6-9-17(24)10-7-16)22(28)27(23(21)29)19-12-18(25)8-5-15(19)2/h5-10,12,14H,3-4,11,13H2,1-2H3. The van der Waals surface area contributed by atoms with Crippen LogP contribution in [0.15, 0.2) is 48.2 Å². The van der Waals surface area contributed by atoms with Crippen molar-refractivity contribution in [2.24, 2.45) is 5.92 Å². The lowest BCUT2D eigenvalue weighted by Gasteiger charge is -2.33. The zero-order chi connectivity index (χ0) is 20.7. The summed E-state index contributed by atoms with van der Waals surface area (Å²) in [5.41, 5.74) is 2.95. The van der Waals surface area contributed by atoms with Gasteiger partial charge < -0.3 is 4.90 Å². The first-order valence-corrected chi connectivity index (χ1v) is 10.5. The highest BCUT2D eigenvalue weighted by Crippen LogP contribution is 2.38. The number of amides is 2. The predicted molar refractivity (Wildman–Crippen MR) is 117 cm³/mol. The maximum absolute atomic E-state index is 13.6. The van der Waals surface area contributed by atoms with Crippen molar-refractivity contribution in [1.29, 1.82) is 0 Å². The van der Waals surface area contributed by atoms with Gasteiger partial charge in [0, 0.05) is 23.1 Å². The minimum absolute atomic E-state index is 0.292. The van der Waals surface area contributed by atoms with Crippen LogP contribution in [-0.4, -0.2) is 29.8 Å². The van der Waals surface area contributed by atoms with Crippen LogP contribution in [0.4, 0.5) is 5.69 Å². The number of carbonyl (C=O) groups is 2. The van der Waals surface area contributed by atoms with E-state index in [9.17, 15) is 9.59 Å². The third kappa shape index (κ3) is 3.67. The Kier molecular flexibility index (Phi) is 5.41. The molecule has 4 nitrogen and oxygen atoms in total. The summed E-state index contributed by atoms with van der Waals surface area (Å²) in [6.45, 7) is 5.57. The number of imide groups is 1. The van der Waals surface area contributed by atoms with Crippen LogP contribution in [-0.2, 0) is 9.59 Å².